The van der Waals surface area contributed by atoms with E-state index in [9.17, 15) is 0 Å². The van der Waals surface area contributed by atoms with Crippen molar-refractivity contribution in [1.29, 1.82) is 0 Å². The molecule has 2 aliphatic heterocycles. The predicted octanol–water partition coefficient (Wildman–Crippen LogP) is 2.67. The van der Waals surface area contributed by atoms with Crippen LogP contribution in [-0.4, -0.2) is 69.1 Å². The van der Waals surface area contributed by atoms with Crippen LogP contribution in [0.15, 0.2) is 33.7 Å². The first-order valence-corrected chi connectivity index (χ1v) is 10.2. The third-order valence-electron chi connectivity index (χ3n) is 4.54. The van der Waals surface area contributed by atoms with Crippen LogP contribution in [-0.2, 0) is 9.47 Å². The van der Waals surface area contributed by atoms with E-state index in [4.69, 9.17) is 19.2 Å². The molecule has 0 bridgehead atoms. The van der Waals surface area contributed by atoms with Gasteiger partial charge in [-0.1, -0.05) is 15.9 Å². The van der Waals surface area contributed by atoms with E-state index in [1.165, 1.54) is 0 Å². The van der Waals surface area contributed by atoms with E-state index in [1.807, 2.05) is 24.3 Å². The minimum absolute atomic E-state index is 0.133. The highest BCUT2D eigenvalue weighted by Gasteiger charge is 2.32. The SMILES string of the molecule is CCNC(=NCCOc1ccc(Br)cc1)N1CCOC(C2CCCO2)C1. The number of ether oxygens (including phenoxy) is 3. The fourth-order valence-corrected chi connectivity index (χ4v) is 3.52. The van der Waals surface area contributed by atoms with Crippen molar-refractivity contribution in [3.05, 3.63) is 28.7 Å². The average molecular weight is 426 g/mol. The molecule has 1 aromatic rings. The van der Waals surface area contributed by atoms with Crippen LogP contribution in [0.3, 0.4) is 0 Å². The van der Waals surface area contributed by atoms with Gasteiger partial charge < -0.3 is 24.4 Å². The van der Waals surface area contributed by atoms with Crippen LogP contribution in [0.2, 0.25) is 0 Å². The summed E-state index contributed by atoms with van der Waals surface area (Å²) in [6.07, 6.45) is 2.58. The summed E-state index contributed by atoms with van der Waals surface area (Å²) < 4.78 is 18.5. The highest BCUT2D eigenvalue weighted by Crippen LogP contribution is 2.21. The topological polar surface area (TPSA) is 55.3 Å². The molecule has 0 spiro atoms. The van der Waals surface area contributed by atoms with Crippen molar-refractivity contribution in [2.24, 2.45) is 4.99 Å². The van der Waals surface area contributed by atoms with E-state index < -0.39 is 0 Å². The Morgan fingerprint density at radius 2 is 2.08 bits per heavy atom. The average Bonchev–Trinajstić information content (AvgIpc) is 3.21. The van der Waals surface area contributed by atoms with E-state index >= 15 is 0 Å². The largest absolute Gasteiger partial charge is 0.492 e. The smallest absolute Gasteiger partial charge is 0.194 e. The van der Waals surface area contributed by atoms with Gasteiger partial charge in [-0.3, -0.25) is 0 Å². The lowest BCUT2D eigenvalue weighted by molar-refractivity contribution is -0.0817. The van der Waals surface area contributed by atoms with E-state index in [2.05, 4.69) is 33.1 Å². The molecule has 3 rings (SSSR count). The molecule has 0 radical (unpaired) electrons. The molecule has 26 heavy (non-hydrogen) atoms. The Morgan fingerprint density at radius 1 is 1.27 bits per heavy atom. The van der Waals surface area contributed by atoms with Crippen molar-refractivity contribution in [1.82, 2.24) is 10.2 Å². The van der Waals surface area contributed by atoms with Gasteiger partial charge in [-0.15, -0.1) is 0 Å². The zero-order chi connectivity index (χ0) is 18.2. The fraction of sp³-hybridized carbons (Fsp3) is 0.632. The van der Waals surface area contributed by atoms with Crippen LogP contribution in [0.25, 0.3) is 0 Å². The highest BCUT2D eigenvalue weighted by atomic mass is 79.9. The summed E-state index contributed by atoms with van der Waals surface area (Å²) in [5.41, 5.74) is 0. The second-order valence-electron chi connectivity index (χ2n) is 6.44. The molecule has 6 nitrogen and oxygen atoms in total. The molecular formula is C19H28BrN3O3. The number of rotatable bonds is 6. The molecule has 2 fully saturated rings. The number of nitrogens with zero attached hydrogens (tertiary/aromatic N) is 2. The molecule has 0 saturated carbocycles. The molecular weight excluding hydrogens is 398 g/mol. The highest BCUT2D eigenvalue weighted by molar-refractivity contribution is 9.10. The standard InChI is InChI=1S/C19H28BrN3O3/c1-2-21-19(22-9-12-24-16-7-5-15(20)6-8-16)23-10-13-26-18(14-23)17-4-3-11-25-17/h5-8,17-18H,2-4,9-14H2,1H3,(H,21,22). The van der Waals surface area contributed by atoms with Crippen molar-refractivity contribution >= 4 is 21.9 Å². The molecule has 2 atom stereocenters. The van der Waals surface area contributed by atoms with Gasteiger partial charge in [0.2, 0.25) is 0 Å². The lowest BCUT2D eigenvalue weighted by Gasteiger charge is -2.37. The summed E-state index contributed by atoms with van der Waals surface area (Å²) in [5.74, 6) is 1.79. The summed E-state index contributed by atoms with van der Waals surface area (Å²) in [4.78, 5) is 7.01. The van der Waals surface area contributed by atoms with Gasteiger partial charge >= 0.3 is 0 Å². The number of morpholine rings is 1. The summed E-state index contributed by atoms with van der Waals surface area (Å²) in [5, 5.41) is 3.39. The molecule has 2 heterocycles. The maximum absolute atomic E-state index is 5.94. The first-order valence-electron chi connectivity index (χ1n) is 9.41. The maximum Gasteiger partial charge on any atom is 0.194 e. The Morgan fingerprint density at radius 3 is 2.81 bits per heavy atom. The minimum Gasteiger partial charge on any atom is -0.492 e. The number of hydrogen-bond acceptors (Lipinski definition) is 4. The predicted molar refractivity (Wildman–Crippen MR) is 106 cm³/mol. The maximum atomic E-state index is 5.94. The van der Waals surface area contributed by atoms with Crippen LogP contribution < -0.4 is 10.1 Å². The Hall–Kier alpha value is -1.31. The molecule has 2 unspecified atom stereocenters. The Bertz CT molecular complexity index is 576. The van der Waals surface area contributed by atoms with Gasteiger partial charge in [0.05, 0.1) is 19.3 Å². The Kier molecular flexibility index (Phi) is 7.58. The van der Waals surface area contributed by atoms with Crippen molar-refractivity contribution in [3.8, 4) is 5.75 Å². The summed E-state index contributed by atoms with van der Waals surface area (Å²) in [7, 11) is 0. The van der Waals surface area contributed by atoms with Crippen molar-refractivity contribution in [2.75, 3.05) is 46.0 Å². The number of aliphatic imine (C=N–C) groups is 1. The van der Waals surface area contributed by atoms with Crippen molar-refractivity contribution < 1.29 is 14.2 Å². The van der Waals surface area contributed by atoms with Gasteiger partial charge in [0.25, 0.3) is 0 Å². The number of benzene rings is 1. The van der Waals surface area contributed by atoms with E-state index in [0.29, 0.717) is 19.8 Å². The second kappa shape index (κ2) is 10.1. The number of hydrogen-bond donors (Lipinski definition) is 1. The molecule has 0 aromatic heterocycles. The molecule has 0 aliphatic carbocycles. The van der Waals surface area contributed by atoms with Crippen LogP contribution in [0.5, 0.6) is 5.75 Å². The second-order valence-corrected chi connectivity index (χ2v) is 7.36. The third-order valence-corrected chi connectivity index (χ3v) is 5.07. The molecule has 2 aliphatic rings. The van der Waals surface area contributed by atoms with E-state index in [0.717, 1.165) is 55.3 Å². The Balaban J connectivity index is 1.51. The third kappa shape index (κ3) is 5.59. The Labute approximate surface area is 164 Å². The summed E-state index contributed by atoms with van der Waals surface area (Å²) >= 11 is 3.43. The van der Waals surface area contributed by atoms with Gasteiger partial charge in [0, 0.05) is 30.7 Å². The molecule has 2 saturated heterocycles. The van der Waals surface area contributed by atoms with Crippen LogP contribution >= 0.6 is 15.9 Å². The van der Waals surface area contributed by atoms with Crippen molar-refractivity contribution in [3.63, 3.8) is 0 Å². The van der Waals surface area contributed by atoms with Crippen LogP contribution in [0.4, 0.5) is 0 Å². The molecule has 144 valence electrons. The minimum atomic E-state index is 0.133. The van der Waals surface area contributed by atoms with Crippen LogP contribution in [0, 0.1) is 0 Å². The normalized spacial score (nSPS) is 23.9. The number of nitrogens with one attached hydrogen (secondary N) is 1. The summed E-state index contributed by atoms with van der Waals surface area (Å²) in [6, 6.07) is 7.85. The van der Waals surface area contributed by atoms with Gasteiger partial charge in [0.1, 0.15) is 18.5 Å². The summed E-state index contributed by atoms with van der Waals surface area (Å²) in [6.45, 7) is 7.33. The van der Waals surface area contributed by atoms with Gasteiger partial charge in [-0.25, -0.2) is 4.99 Å². The number of guanidine groups is 1. The monoisotopic (exact) mass is 425 g/mol. The molecule has 1 aromatic carbocycles. The quantitative estimate of drug-likeness (QED) is 0.431. The van der Waals surface area contributed by atoms with Gasteiger partial charge in [-0.05, 0) is 44.0 Å². The lowest BCUT2D eigenvalue weighted by Crippen LogP contribution is -2.53. The van der Waals surface area contributed by atoms with E-state index in [1.54, 1.807) is 0 Å². The first-order chi connectivity index (χ1) is 12.8. The van der Waals surface area contributed by atoms with E-state index in [-0.39, 0.29) is 12.2 Å². The van der Waals surface area contributed by atoms with Gasteiger partial charge in [-0.2, -0.15) is 0 Å². The molecule has 7 heteroatoms. The lowest BCUT2D eigenvalue weighted by atomic mass is 10.1. The fourth-order valence-electron chi connectivity index (χ4n) is 3.26. The van der Waals surface area contributed by atoms with Crippen molar-refractivity contribution in [2.45, 2.75) is 32.0 Å². The molecule has 0 amide bonds. The van der Waals surface area contributed by atoms with Gasteiger partial charge in [0.15, 0.2) is 5.96 Å². The zero-order valence-corrected chi connectivity index (χ0v) is 16.9. The molecule has 1 N–H and O–H groups in total. The zero-order valence-electron chi connectivity index (χ0n) is 15.3. The first kappa shape index (κ1) is 19.5. The number of halogens is 1. The van der Waals surface area contributed by atoms with Crippen LogP contribution in [0.1, 0.15) is 19.8 Å².